The molecule has 0 bridgehead atoms. The Kier molecular flexibility index (Phi) is 5.05. The van der Waals surface area contributed by atoms with Gasteiger partial charge >= 0.3 is 0 Å². The molecule has 4 heteroatoms. The fourth-order valence-corrected chi connectivity index (χ4v) is 5.16. The van der Waals surface area contributed by atoms with Gasteiger partial charge in [-0.1, -0.05) is 91.0 Å². The van der Waals surface area contributed by atoms with E-state index in [2.05, 4.69) is 47.5 Å². The summed E-state index contributed by atoms with van der Waals surface area (Å²) in [5.41, 5.74) is 11.9. The van der Waals surface area contributed by atoms with Gasteiger partial charge in [-0.15, -0.1) is 0 Å². The molecule has 4 nitrogen and oxygen atoms in total. The van der Waals surface area contributed by atoms with E-state index in [9.17, 15) is 0 Å². The summed E-state index contributed by atoms with van der Waals surface area (Å²) in [6.07, 6.45) is 0. The summed E-state index contributed by atoms with van der Waals surface area (Å²) in [6.45, 7) is 0. The number of furan rings is 1. The molecule has 0 aliphatic carbocycles. The summed E-state index contributed by atoms with van der Waals surface area (Å²) in [5.74, 6) is 0.435. The highest BCUT2D eigenvalue weighted by Crippen LogP contribution is 2.35. The number of benzene rings is 6. The van der Waals surface area contributed by atoms with E-state index in [-0.39, 0.29) is 5.84 Å². The number of amidine groups is 2. The molecular weight excluding hydrogens is 466 g/mol. The average molecular weight is 490 g/mol. The van der Waals surface area contributed by atoms with Crippen LogP contribution in [0.4, 0.5) is 0 Å². The number of nitrogens with one attached hydrogen (secondary N) is 1. The van der Waals surface area contributed by atoms with Gasteiger partial charge in [-0.2, -0.15) is 0 Å². The molecule has 0 saturated carbocycles. The van der Waals surface area contributed by atoms with Crippen molar-refractivity contribution in [3.63, 3.8) is 0 Å². The number of rotatable bonds is 3. The first-order chi connectivity index (χ1) is 18.6. The predicted octanol–water partition coefficient (Wildman–Crippen LogP) is 8.29. The highest BCUT2D eigenvalue weighted by molar-refractivity contribution is 6.20. The van der Waals surface area contributed by atoms with Gasteiger partial charge in [-0.25, -0.2) is 4.99 Å². The van der Waals surface area contributed by atoms with Crippen molar-refractivity contribution in [3.8, 4) is 11.1 Å². The lowest BCUT2D eigenvalue weighted by Gasteiger charge is -2.08. The second-order valence-corrected chi connectivity index (χ2v) is 9.46. The second kappa shape index (κ2) is 8.71. The maximum absolute atomic E-state index is 8.71. The number of nitrogens with two attached hydrogens (primary N) is 1. The van der Waals surface area contributed by atoms with Crippen LogP contribution in [-0.4, -0.2) is 11.7 Å². The molecule has 7 aromatic rings. The molecule has 0 aliphatic heterocycles. The summed E-state index contributed by atoms with van der Waals surface area (Å²) in [4.78, 5) is 4.48. The van der Waals surface area contributed by atoms with Gasteiger partial charge < -0.3 is 10.2 Å². The molecule has 0 spiro atoms. The van der Waals surface area contributed by atoms with Gasteiger partial charge in [0.25, 0.3) is 0 Å². The lowest BCUT2D eigenvalue weighted by atomic mass is 10.00. The third-order valence-electron chi connectivity index (χ3n) is 7.11. The van der Waals surface area contributed by atoms with Crippen molar-refractivity contribution in [1.82, 2.24) is 0 Å². The average Bonchev–Trinajstić information content (AvgIpc) is 3.36. The van der Waals surface area contributed by atoms with Crippen molar-refractivity contribution in [2.75, 3.05) is 0 Å². The molecule has 0 radical (unpaired) electrons. The summed E-state index contributed by atoms with van der Waals surface area (Å²) in [5, 5.41) is 15.1. The summed E-state index contributed by atoms with van der Waals surface area (Å²) in [7, 11) is 0. The number of aliphatic imine (C=N–C) groups is 1. The van der Waals surface area contributed by atoms with E-state index in [0.717, 1.165) is 49.0 Å². The van der Waals surface area contributed by atoms with Crippen LogP contribution in [0.2, 0.25) is 0 Å². The van der Waals surface area contributed by atoms with E-state index >= 15 is 0 Å². The largest absolute Gasteiger partial charge is 0.456 e. The SMILES string of the molecule is N=C(N=C(N)c1ccc2cc(-c3ccccc3)ccc2c1)c1ccc2ccc3oc4ccccc4c3c2c1. The molecule has 7 rings (SSSR count). The van der Waals surface area contributed by atoms with Crippen LogP contribution in [0.25, 0.3) is 54.6 Å². The molecule has 3 N–H and O–H groups in total. The zero-order valence-electron chi connectivity index (χ0n) is 20.5. The molecule has 0 fully saturated rings. The van der Waals surface area contributed by atoms with Crippen LogP contribution in [0.5, 0.6) is 0 Å². The molecule has 0 aliphatic rings. The quantitative estimate of drug-likeness (QED) is 0.193. The zero-order chi connectivity index (χ0) is 25.6. The van der Waals surface area contributed by atoms with Gasteiger partial charge in [0, 0.05) is 21.9 Å². The van der Waals surface area contributed by atoms with Crippen LogP contribution in [-0.2, 0) is 0 Å². The Hall–Kier alpha value is -5.22. The Bertz CT molecular complexity index is 2050. The van der Waals surface area contributed by atoms with Crippen LogP contribution < -0.4 is 5.73 Å². The minimum absolute atomic E-state index is 0.119. The first-order valence-electron chi connectivity index (χ1n) is 12.5. The fourth-order valence-electron chi connectivity index (χ4n) is 5.16. The van der Waals surface area contributed by atoms with E-state index in [0.29, 0.717) is 11.4 Å². The molecule has 180 valence electrons. The standard InChI is InChI=1S/C34H23N3O/c35-33(26-15-13-24-18-23(11-12-25(24)19-26)21-6-2-1-3-7-21)37-34(36)27-14-10-22-16-17-31-32(29(22)20-27)28-8-4-5-9-30(28)38-31/h1-20H,(H3,35,36,37). The van der Waals surface area contributed by atoms with Crippen molar-refractivity contribution in [3.05, 3.63) is 132 Å². The fraction of sp³-hybridized carbons (Fsp3) is 0. The third-order valence-corrected chi connectivity index (χ3v) is 7.11. The molecule has 0 atom stereocenters. The molecule has 0 amide bonds. The van der Waals surface area contributed by atoms with E-state index in [1.165, 1.54) is 11.1 Å². The Morgan fingerprint density at radius 3 is 2.18 bits per heavy atom. The zero-order valence-corrected chi connectivity index (χ0v) is 20.5. The van der Waals surface area contributed by atoms with Crippen molar-refractivity contribution in [1.29, 1.82) is 5.41 Å². The number of hydrogen-bond donors (Lipinski definition) is 2. The first-order valence-corrected chi connectivity index (χ1v) is 12.5. The Morgan fingerprint density at radius 1 is 0.579 bits per heavy atom. The predicted molar refractivity (Wildman–Crippen MR) is 158 cm³/mol. The van der Waals surface area contributed by atoms with Crippen LogP contribution in [0.3, 0.4) is 0 Å². The second-order valence-electron chi connectivity index (χ2n) is 9.46. The van der Waals surface area contributed by atoms with E-state index < -0.39 is 0 Å². The molecule has 1 aromatic heterocycles. The van der Waals surface area contributed by atoms with E-state index in [1.807, 2.05) is 78.9 Å². The number of nitrogens with zero attached hydrogens (tertiary/aromatic N) is 1. The summed E-state index contributed by atoms with van der Waals surface area (Å²) < 4.78 is 6.05. The Labute approximate surface area is 219 Å². The van der Waals surface area contributed by atoms with Crippen LogP contribution >= 0.6 is 0 Å². The van der Waals surface area contributed by atoms with E-state index in [1.54, 1.807) is 0 Å². The van der Waals surface area contributed by atoms with Gasteiger partial charge in [-0.05, 0) is 63.0 Å². The van der Waals surface area contributed by atoms with Crippen molar-refractivity contribution >= 4 is 55.2 Å². The topological polar surface area (TPSA) is 75.4 Å². The van der Waals surface area contributed by atoms with Gasteiger partial charge in [-0.3, -0.25) is 5.41 Å². The minimum atomic E-state index is 0.119. The number of para-hydroxylation sites is 1. The normalized spacial score (nSPS) is 12.1. The van der Waals surface area contributed by atoms with Crippen molar-refractivity contribution in [2.24, 2.45) is 10.7 Å². The molecule has 0 saturated heterocycles. The minimum Gasteiger partial charge on any atom is -0.456 e. The maximum Gasteiger partial charge on any atom is 0.154 e. The van der Waals surface area contributed by atoms with Gasteiger partial charge in [0.05, 0.1) is 0 Å². The van der Waals surface area contributed by atoms with Crippen molar-refractivity contribution < 1.29 is 4.42 Å². The molecule has 38 heavy (non-hydrogen) atoms. The highest BCUT2D eigenvalue weighted by Gasteiger charge is 2.12. The molecule has 6 aromatic carbocycles. The summed E-state index contributed by atoms with van der Waals surface area (Å²) in [6, 6.07) is 40.8. The molecular formula is C34H23N3O. The van der Waals surface area contributed by atoms with Gasteiger partial charge in [0.15, 0.2) is 5.84 Å². The van der Waals surface area contributed by atoms with Crippen LogP contribution in [0, 0.1) is 5.41 Å². The summed E-state index contributed by atoms with van der Waals surface area (Å²) >= 11 is 0. The van der Waals surface area contributed by atoms with Gasteiger partial charge in [0.2, 0.25) is 0 Å². The monoisotopic (exact) mass is 489 g/mol. The number of hydrogen-bond acceptors (Lipinski definition) is 2. The highest BCUT2D eigenvalue weighted by atomic mass is 16.3. The maximum atomic E-state index is 8.71. The lowest BCUT2D eigenvalue weighted by Crippen LogP contribution is -2.15. The Balaban J connectivity index is 1.24. The van der Waals surface area contributed by atoms with E-state index in [4.69, 9.17) is 15.6 Å². The van der Waals surface area contributed by atoms with Crippen molar-refractivity contribution in [2.45, 2.75) is 0 Å². The van der Waals surface area contributed by atoms with Crippen LogP contribution in [0.1, 0.15) is 11.1 Å². The molecule has 0 unspecified atom stereocenters. The first kappa shape index (κ1) is 22.0. The van der Waals surface area contributed by atoms with Gasteiger partial charge in [0.1, 0.15) is 17.0 Å². The lowest BCUT2D eigenvalue weighted by molar-refractivity contribution is 0.669. The number of fused-ring (bicyclic) bond motifs is 6. The smallest absolute Gasteiger partial charge is 0.154 e. The third kappa shape index (κ3) is 3.71. The molecule has 1 heterocycles. The van der Waals surface area contributed by atoms with Crippen LogP contribution in [0.15, 0.2) is 131 Å². The Morgan fingerprint density at radius 2 is 1.29 bits per heavy atom.